The molecular formula is C10H13NO3. The average Bonchev–Trinajstić information content (AvgIpc) is 2.15. The van der Waals surface area contributed by atoms with Gasteiger partial charge in [-0.25, -0.2) is 4.79 Å². The van der Waals surface area contributed by atoms with Crippen LogP contribution in [0.2, 0.25) is 0 Å². The first kappa shape index (κ1) is 10.5. The smallest absolute Gasteiger partial charge is 0.409 e. The minimum atomic E-state index is -0.890. The van der Waals surface area contributed by atoms with Crippen molar-refractivity contribution in [2.45, 2.75) is 19.8 Å². The molecule has 0 saturated heterocycles. The molecule has 1 aromatic rings. The third kappa shape index (κ3) is 3.91. The molecule has 4 nitrogen and oxygen atoms in total. The van der Waals surface area contributed by atoms with Crippen molar-refractivity contribution in [2.24, 2.45) is 0 Å². The molecule has 1 aromatic carbocycles. The van der Waals surface area contributed by atoms with E-state index >= 15 is 0 Å². The molecule has 0 aliphatic carbocycles. The van der Waals surface area contributed by atoms with Gasteiger partial charge in [0, 0.05) is 0 Å². The van der Waals surface area contributed by atoms with Crippen molar-refractivity contribution in [3.8, 4) is 0 Å². The summed E-state index contributed by atoms with van der Waals surface area (Å²) in [7, 11) is 0. The summed E-state index contributed by atoms with van der Waals surface area (Å²) in [5, 5.41) is 11.0. The Bertz CT molecular complexity index is 285. The van der Waals surface area contributed by atoms with E-state index in [1.165, 1.54) is 6.92 Å². The highest BCUT2D eigenvalue weighted by Crippen LogP contribution is 2.00. The van der Waals surface area contributed by atoms with E-state index in [0.717, 1.165) is 5.56 Å². The number of carbonyl (C=O) groups is 1. The molecule has 14 heavy (non-hydrogen) atoms. The van der Waals surface area contributed by atoms with Gasteiger partial charge >= 0.3 is 6.09 Å². The average molecular weight is 195 g/mol. The van der Waals surface area contributed by atoms with Gasteiger partial charge in [-0.1, -0.05) is 30.3 Å². The number of benzene rings is 1. The van der Waals surface area contributed by atoms with Crippen molar-refractivity contribution >= 4 is 6.09 Å². The van der Waals surface area contributed by atoms with Crippen LogP contribution in [0.3, 0.4) is 0 Å². The Morgan fingerprint density at radius 1 is 1.50 bits per heavy atom. The standard InChI is InChI=1S/C10H13NO3/c1-8(12)11-10(13)14-7-9-5-3-2-4-6-9/h2-6,8,12H,7H2,1H3,(H,11,13). The zero-order valence-electron chi connectivity index (χ0n) is 7.93. The normalized spacial score (nSPS) is 11.9. The third-order valence-electron chi connectivity index (χ3n) is 1.54. The molecule has 0 spiro atoms. The number of nitrogens with one attached hydrogen (secondary N) is 1. The lowest BCUT2D eigenvalue weighted by Crippen LogP contribution is -2.32. The molecule has 1 unspecified atom stereocenters. The van der Waals surface area contributed by atoms with Crippen molar-refractivity contribution in [1.29, 1.82) is 0 Å². The second-order valence-electron chi connectivity index (χ2n) is 2.88. The Morgan fingerprint density at radius 2 is 2.14 bits per heavy atom. The van der Waals surface area contributed by atoms with Crippen molar-refractivity contribution in [3.63, 3.8) is 0 Å². The summed E-state index contributed by atoms with van der Waals surface area (Å²) in [5.74, 6) is 0. The number of aliphatic hydroxyl groups excluding tert-OH is 1. The summed E-state index contributed by atoms with van der Waals surface area (Å²) >= 11 is 0. The van der Waals surface area contributed by atoms with Crippen molar-refractivity contribution in [2.75, 3.05) is 0 Å². The van der Waals surface area contributed by atoms with E-state index in [1.807, 2.05) is 30.3 Å². The van der Waals surface area contributed by atoms with Crippen molar-refractivity contribution in [3.05, 3.63) is 35.9 Å². The van der Waals surface area contributed by atoms with E-state index in [-0.39, 0.29) is 6.61 Å². The summed E-state index contributed by atoms with van der Waals surface area (Å²) < 4.78 is 4.83. The molecule has 1 atom stereocenters. The predicted molar refractivity (Wildman–Crippen MR) is 51.4 cm³/mol. The fourth-order valence-electron chi connectivity index (χ4n) is 0.935. The number of amides is 1. The molecule has 0 aliphatic rings. The molecule has 0 aromatic heterocycles. The Kier molecular flexibility index (Phi) is 3.94. The molecule has 0 saturated carbocycles. The van der Waals surface area contributed by atoms with Gasteiger partial charge in [0.05, 0.1) is 0 Å². The van der Waals surface area contributed by atoms with Crippen LogP contribution in [0.5, 0.6) is 0 Å². The van der Waals surface area contributed by atoms with Gasteiger partial charge in [0.25, 0.3) is 0 Å². The Labute approximate surface area is 82.5 Å². The van der Waals surface area contributed by atoms with Gasteiger partial charge in [-0.2, -0.15) is 0 Å². The number of ether oxygens (including phenoxy) is 1. The van der Waals surface area contributed by atoms with Crippen LogP contribution in [0, 0.1) is 0 Å². The first-order valence-corrected chi connectivity index (χ1v) is 4.34. The number of carbonyl (C=O) groups excluding carboxylic acids is 1. The molecule has 0 radical (unpaired) electrons. The lowest BCUT2D eigenvalue weighted by molar-refractivity contribution is 0.103. The van der Waals surface area contributed by atoms with Crippen molar-refractivity contribution in [1.82, 2.24) is 5.32 Å². The number of hydrogen-bond donors (Lipinski definition) is 2. The summed E-state index contributed by atoms with van der Waals surface area (Å²) in [6.45, 7) is 1.66. The summed E-state index contributed by atoms with van der Waals surface area (Å²) in [6, 6.07) is 9.33. The van der Waals surface area contributed by atoms with Crippen LogP contribution in [-0.2, 0) is 11.3 Å². The first-order valence-electron chi connectivity index (χ1n) is 4.34. The molecule has 0 heterocycles. The lowest BCUT2D eigenvalue weighted by atomic mass is 10.2. The van der Waals surface area contributed by atoms with Gasteiger partial charge < -0.3 is 9.84 Å². The molecule has 1 rings (SSSR count). The zero-order chi connectivity index (χ0) is 10.4. The van der Waals surface area contributed by atoms with Gasteiger partial charge in [0.15, 0.2) is 0 Å². The highest BCUT2D eigenvalue weighted by Gasteiger charge is 2.04. The molecular weight excluding hydrogens is 182 g/mol. The zero-order valence-corrected chi connectivity index (χ0v) is 7.93. The maximum absolute atomic E-state index is 10.9. The van der Waals surface area contributed by atoms with E-state index in [1.54, 1.807) is 0 Å². The summed E-state index contributed by atoms with van der Waals surface area (Å²) in [6.07, 6.45) is -1.51. The molecule has 0 aliphatic heterocycles. The van der Waals surface area contributed by atoms with E-state index in [4.69, 9.17) is 9.84 Å². The van der Waals surface area contributed by atoms with Crippen molar-refractivity contribution < 1.29 is 14.6 Å². The van der Waals surface area contributed by atoms with E-state index < -0.39 is 12.3 Å². The molecule has 2 N–H and O–H groups in total. The van der Waals surface area contributed by atoms with Crippen LogP contribution in [0.15, 0.2) is 30.3 Å². The Balaban J connectivity index is 2.31. The maximum atomic E-state index is 10.9. The molecule has 4 heteroatoms. The van der Waals surface area contributed by atoms with Crippen LogP contribution < -0.4 is 5.32 Å². The van der Waals surface area contributed by atoms with Crippen LogP contribution in [0.4, 0.5) is 4.79 Å². The first-order chi connectivity index (χ1) is 6.68. The summed E-state index contributed by atoms with van der Waals surface area (Å²) in [5.41, 5.74) is 0.910. The van der Waals surface area contributed by atoms with Gasteiger partial charge in [-0.15, -0.1) is 0 Å². The van der Waals surface area contributed by atoms with Crippen LogP contribution in [0.25, 0.3) is 0 Å². The summed E-state index contributed by atoms with van der Waals surface area (Å²) in [4.78, 5) is 10.9. The largest absolute Gasteiger partial charge is 0.445 e. The monoisotopic (exact) mass is 195 g/mol. The SMILES string of the molecule is CC(O)NC(=O)OCc1ccccc1. The molecule has 0 fully saturated rings. The number of alkyl carbamates (subject to hydrolysis) is 1. The highest BCUT2D eigenvalue weighted by atomic mass is 16.6. The van der Waals surface area contributed by atoms with E-state index in [9.17, 15) is 4.79 Å². The molecule has 1 amide bonds. The van der Waals surface area contributed by atoms with Gasteiger partial charge in [-0.3, -0.25) is 5.32 Å². The minimum Gasteiger partial charge on any atom is -0.445 e. The highest BCUT2D eigenvalue weighted by molar-refractivity contribution is 5.67. The third-order valence-corrected chi connectivity index (χ3v) is 1.54. The maximum Gasteiger partial charge on any atom is 0.409 e. The molecule has 76 valence electrons. The van der Waals surface area contributed by atoms with Crippen LogP contribution >= 0.6 is 0 Å². The predicted octanol–water partition coefficient (Wildman–Crippen LogP) is 1.25. The van der Waals surface area contributed by atoms with Crippen LogP contribution in [-0.4, -0.2) is 17.4 Å². The van der Waals surface area contributed by atoms with E-state index in [2.05, 4.69) is 5.32 Å². The topological polar surface area (TPSA) is 58.6 Å². The lowest BCUT2D eigenvalue weighted by Gasteiger charge is -2.08. The second-order valence-corrected chi connectivity index (χ2v) is 2.88. The molecule has 0 bridgehead atoms. The number of hydrogen-bond acceptors (Lipinski definition) is 3. The fraction of sp³-hybridized carbons (Fsp3) is 0.300. The number of aliphatic hydroxyl groups is 1. The van der Waals surface area contributed by atoms with Gasteiger partial charge in [0.1, 0.15) is 12.8 Å². The quantitative estimate of drug-likeness (QED) is 0.713. The number of rotatable bonds is 3. The fourth-order valence-corrected chi connectivity index (χ4v) is 0.935. The van der Waals surface area contributed by atoms with Gasteiger partial charge in [0.2, 0.25) is 0 Å². The van der Waals surface area contributed by atoms with E-state index in [0.29, 0.717) is 0 Å². The van der Waals surface area contributed by atoms with Crippen LogP contribution in [0.1, 0.15) is 12.5 Å². The minimum absolute atomic E-state index is 0.208. The van der Waals surface area contributed by atoms with Gasteiger partial charge in [-0.05, 0) is 12.5 Å². The Hall–Kier alpha value is -1.55. The second kappa shape index (κ2) is 5.24. The Morgan fingerprint density at radius 3 is 2.71 bits per heavy atom.